The zero-order valence-corrected chi connectivity index (χ0v) is 10.2. The van der Waals surface area contributed by atoms with E-state index >= 15 is 0 Å². The molecule has 0 bridgehead atoms. The Morgan fingerprint density at radius 3 is 2.00 bits per heavy atom. The molecule has 0 radical (unpaired) electrons. The van der Waals surface area contributed by atoms with Crippen LogP contribution >= 0.6 is 19.3 Å². The molecule has 1 aromatic carbocycles. The first kappa shape index (κ1) is 11.4. The average molecular weight is 227 g/mol. The maximum absolute atomic E-state index is 11.5. The molecule has 1 atom stereocenters. The molecule has 0 amide bonds. The van der Waals surface area contributed by atoms with Gasteiger partial charge in [-0.05, 0) is 36.5 Å². The number of hydrogen-bond acceptors (Lipinski definition) is 2. The van der Waals surface area contributed by atoms with Crippen molar-refractivity contribution in [2.75, 3.05) is 0 Å². The molecular weight excluding hydrogens is 215 g/mol. The van der Waals surface area contributed by atoms with Crippen molar-refractivity contribution in [1.29, 1.82) is 0 Å². The second kappa shape index (κ2) is 4.24. The summed E-state index contributed by atoms with van der Waals surface area (Å²) in [4.78, 5) is 11.5. The molecule has 0 aliphatic heterocycles. The lowest BCUT2D eigenvalue weighted by molar-refractivity contribution is 0.108. The second-order valence-corrected chi connectivity index (χ2v) is 5.39. The standard InChI is InChI=1S/C10H11O2PS/c1-6-4-7(2)9(8(3)5-6)10(11)13(12)14/h4-5H,1-3H3/p+1. The van der Waals surface area contributed by atoms with Gasteiger partial charge in [0.05, 0.1) is 5.56 Å². The Morgan fingerprint density at radius 2 is 1.64 bits per heavy atom. The Balaban J connectivity index is 3.35. The van der Waals surface area contributed by atoms with Gasteiger partial charge >= 0.3 is 12.5 Å². The van der Waals surface area contributed by atoms with Crippen LogP contribution in [0.4, 0.5) is 0 Å². The lowest BCUT2D eigenvalue weighted by atomic mass is 10.0. The first-order valence-electron chi connectivity index (χ1n) is 4.22. The smallest absolute Gasteiger partial charge is 0.233 e. The lowest BCUT2D eigenvalue weighted by Gasteiger charge is -2.04. The largest absolute Gasteiger partial charge is 0.489 e. The highest BCUT2D eigenvalue weighted by Gasteiger charge is 2.28. The summed E-state index contributed by atoms with van der Waals surface area (Å²) in [5.74, 6) is 0. The third-order valence-electron chi connectivity index (χ3n) is 2.06. The summed E-state index contributed by atoms with van der Waals surface area (Å²) in [7, 11) is -2.07. The van der Waals surface area contributed by atoms with E-state index in [-0.39, 0.29) is 5.52 Å². The first-order chi connectivity index (χ1) is 6.43. The van der Waals surface area contributed by atoms with Gasteiger partial charge in [0, 0.05) is 0 Å². The van der Waals surface area contributed by atoms with Gasteiger partial charge in [0.2, 0.25) is 0 Å². The van der Waals surface area contributed by atoms with Crippen LogP contribution in [0.5, 0.6) is 0 Å². The van der Waals surface area contributed by atoms with Crippen LogP contribution < -0.4 is 0 Å². The summed E-state index contributed by atoms with van der Waals surface area (Å²) in [6, 6.07) is 3.82. The van der Waals surface area contributed by atoms with Gasteiger partial charge in [-0.1, -0.05) is 17.7 Å². The van der Waals surface area contributed by atoms with Crippen LogP contribution in [-0.2, 0) is 4.57 Å². The maximum Gasteiger partial charge on any atom is 0.489 e. The monoisotopic (exact) mass is 227 g/mol. The normalized spacial score (nSPS) is 11.3. The van der Waals surface area contributed by atoms with Crippen LogP contribution in [0.3, 0.4) is 0 Å². The molecule has 0 saturated carbocycles. The van der Waals surface area contributed by atoms with E-state index in [2.05, 4.69) is 12.2 Å². The molecule has 0 aliphatic carbocycles. The van der Waals surface area contributed by atoms with E-state index in [1.165, 1.54) is 0 Å². The number of rotatable bonds is 2. The van der Waals surface area contributed by atoms with Crippen LogP contribution in [0.15, 0.2) is 12.1 Å². The quantitative estimate of drug-likeness (QED) is 0.620. The predicted molar refractivity (Wildman–Crippen MR) is 61.6 cm³/mol. The summed E-state index contributed by atoms with van der Waals surface area (Å²) in [5.41, 5.74) is 3.01. The third-order valence-corrected chi connectivity index (χ3v) is 3.18. The van der Waals surface area contributed by atoms with E-state index < -0.39 is 7.00 Å². The molecule has 0 N–H and O–H groups in total. The van der Waals surface area contributed by atoms with Crippen LogP contribution in [-0.4, -0.2) is 5.52 Å². The molecule has 1 unspecified atom stereocenters. The van der Waals surface area contributed by atoms with Crippen molar-refractivity contribution >= 4 is 24.8 Å². The summed E-state index contributed by atoms with van der Waals surface area (Å²) >= 11 is 3.68. The highest BCUT2D eigenvalue weighted by molar-refractivity contribution is 8.46. The van der Waals surface area contributed by atoms with E-state index in [9.17, 15) is 9.36 Å². The Labute approximate surface area is 89.7 Å². The SMILES string of the molecule is Cc1cc(C)c(C(=O)[P+](=O)S)c(C)c1. The van der Waals surface area contributed by atoms with E-state index in [0.717, 1.165) is 16.7 Å². The van der Waals surface area contributed by atoms with Crippen LogP contribution in [0, 0.1) is 20.8 Å². The minimum Gasteiger partial charge on any atom is -0.233 e. The van der Waals surface area contributed by atoms with Crippen LogP contribution in [0.25, 0.3) is 0 Å². The van der Waals surface area contributed by atoms with Gasteiger partial charge in [-0.3, -0.25) is 0 Å². The van der Waals surface area contributed by atoms with Gasteiger partial charge < -0.3 is 0 Å². The van der Waals surface area contributed by atoms with Gasteiger partial charge in [0.15, 0.2) is 0 Å². The number of hydrogen-bond donors (Lipinski definition) is 1. The Morgan fingerprint density at radius 1 is 1.21 bits per heavy atom. The van der Waals surface area contributed by atoms with E-state index in [1.54, 1.807) is 0 Å². The number of carbonyl (C=O) groups excluding carboxylic acids is 1. The van der Waals surface area contributed by atoms with Gasteiger partial charge in [0.1, 0.15) is 12.2 Å². The van der Waals surface area contributed by atoms with Crippen molar-refractivity contribution in [3.05, 3.63) is 34.4 Å². The van der Waals surface area contributed by atoms with Crippen molar-refractivity contribution in [2.45, 2.75) is 20.8 Å². The fraction of sp³-hybridized carbons (Fsp3) is 0.300. The minimum absolute atomic E-state index is 0.377. The average Bonchev–Trinajstić information content (AvgIpc) is 2.01. The summed E-state index contributed by atoms with van der Waals surface area (Å²) in [5, 5.41) is 0. The van der Waals surface area contributed by atoms with Crippen molar-refractivity contribution < 1.29 is 9.36 Å². The molecule has 0 aromatic heterocycles. The molecular formula is C10H12O2PS+. The molecule has 0 spiro atoms. The van der Waals surface area contributed by atoms with Gasteiger partial charge in [-0.15, -0.1) is 0 Å². The van der Waals surface area contributed by atoms with Crippen molar-refractivity contribution in [3.8, 4) is 0 Å². The molecule has 14 heavy (non-hydrogen) atoms. The molecule has 0 fully saturated rings. The summed E-state index contributed by atoms with van der Waals surface area (Å²) in [6.45, 7) is 5.66. The molecule has 1 aromatic rings. The van der Waals surface area contributed by atoms with Crippen molar-refractivity contribution in [2.24, 2.45) is 0 Å². The molecule has 1 rings (SSSR count). The molecule has 0 aliphatic rings. The Kier molecular flexibility index (Phi) is 3.46. The van der Waals surface area contributed by atoms with E-state index in [4.69, 9.17) is 0 Å². The number of benzene rings is 1. The topological polar surface area (TPSA) is 34.1 Å². The molecule has 4 heteroatoms. The fourth-order valence-corrected chi connectivity index (χ4v) is 2.46. The third kappa shape index (κ3) is 2.23. The minimum atomic E-state index is -2.07. The zero-order chi connectivity index (χ0) is 10.9. The van der Waals surface area contributed by atoms with Crippen molar-refractivity contribution in [1.82, 2.24) is 0 Å². The highest BCUT2D eigenvalue weighted by Crippen LogP contribution is 2.33. The maximum atomic E-state index is 11.5. The van der Waals surface area contributed by atoms with E-state index in [0.29, 0.717) is 5.56 Å². The Bertz CT molecular complexity index is 390. The lowest BCUT2D eigenvalue weighted by Crippen LogP contribution is -1.99. The Hall–Kier alpha value is -0.660. The number of thiol groups is 1. The van der Waals surface area contributed by atoms with Crippen molar-refractivity contribution in [3.63, 3.8) is 0 Å². The van der Waals surface area contributed by atoms with E-state index in [1.807, 2.05) is 32.9 Å². The second-order valence-electron chi connectivity index (χ2n) is 3.35. The van der Waals surface area contributed by atoms with Crippen LogP contribution in [0.2, 0.25) is 0 Å². The number of carbonyl (C=O) groups is 1. The van der Waals surface area contributed by atoms with Crippen LogP contribution in [0.1, 0.15) is 27.0 Å². The molecule has 74 valence electrons. The molecule has 0 saturated heterocycles. The molecule has 0 heterocycles. The zero-order valence-electron chi connectivity index (χ0n) is 8.37. The summed E-state index contributed by atoms with van der Waals surface area (Å²) < 4.78 is 11.0. The van der Waals surface area contributed by atoms with Gasteiger partial charge in [-0.2, -0.15) is 0 Å². The van der Waals surface area contributed by atoms with Gasteiger partial charge in [0.25, 0.3) is 0 Å². The molecule has 2 nitrogen and oxygen atoms in total. The predicted octanol–water partition coefficient (Wildman–Crippen LogP) is 3.42. The fourth-order valence-electron chi connectivity index (χ4n) is 1.61. The first-order valence-corrected chi connectivity index (χ1v) is 6.63. The highest BCUT2D eigenvalue weighted by atomic mass is 32.7. The van der Waals surface area contributed by atoms with Gasteiger partial charge in [-0.25, -0.2) is 4.79 Å². The summed E-state index contributed by atoms with van der Waals surface area (Å²) in [6.07, 6.45) is 0. The number of aryl methyl sites for hydroxylation is 3.